The van der Waals surface area contributed by atoms with Crippen molar-refractivity contribution < 1.29 is 23.7 Å². The number of methoxy groups -OCH3 is 2. The molecule has 0 aliphatic carbocycles. The van der Waals surface area contributed by atoms with Crippen LogP contribution in [0.5, 0.6) is 23.1 Å². The molecule has 0 bridgehead atoms. The molecule has 4 aromatic rings. The van der Waals surface area contributed by atoms with Gasteiger partial charge in [-0.1, -0.05) is 6.07 Å². The third-order valence-corrected chi connectivity index (χ3v) is 4.59. The summed E-state index contributed by atoms with van der Waals surface area (Å²) in [5, 5.41) is 1.75. The Morgan fingerprint density at radius 3 is 2.58 bits per heavy atom. The van der Waals surface area contributed by atoms with Gasteiger partial charge in [-0.25, -0.2) is 9.97 Å². The quantitative estimate of drug-likeness (QED) is 0.355. The lowest BCUT2D eigenvalue weighted by atomic mass is 10.2. The zero-order chi connectivity index (χ0) is 21.5. The number of ether oxygens (including phenoxy) is 5. The van der Waals surface area contributed by atoms with Gasteiger partial charge in [-0.3, -0.25) is 4.98 Å². The summed E-state index contributed by atoms with van der Waals surface area (Å²) in [4.78, 5) is 13.0. The molecule has 0 saturated heterocycles. The number of aromatic nitrogens is 3. The van der Waals surface area contributed by atoms with E-state index in [1.165, 1.54) is 6.33 Å². The van der Waals surface area contributed by atoms with Gasteiger partial charge in [0.2, 0.25) is 5.88 Å². The molecule has 0 aliphatic rings. The lowest BCUT2D eigenvalue weighted by Crippen LogP contribution is -2.10. The largest absolute Gasteiger partial charge is 0.493 e. The van der Waals surface area contributed by atoms with Crippen LogP contribution in [0.1, 0.15) is 0 Å². The van der Waals surface area contributed by atoms with Gasteiger partial charge in [-0.05, 0) is 24.3 Å². The van der Waals surface area contributed by atoms with Crippen LogP contribution in [0.2, 0.25) is 0 Å². The van der Waals surface area contributed by atoms with E-state index < -0.39 is 0 Å². The molecule has 0 N–H and O–H groups in total. The van der Waals surface area contributed by atoms with E-state index in [0.717, 1.165) is 10.9 Å². The summed E-state index contributed by atoms with van der Waals surface area (Å²) in [5.41, 5.74) is 1.53. The molecule has 0 spiro atoms. The van der Waals surface area contributed by atoms with Crippen LogP contribution in [0.15, 0.2) is 55.0 Å². The van der Waals surface area contributed by atoms with Gasteiger partial charge in [0.15, 0.2) is 11.5 Å². The van der Waals surface area contributed by atoms with E-state index in [0.29, 0.717) is 60.5 Å². The van der Waals surface area contributed by atoms with Crippen LogP contribution in [-0.2, 0) is 9.47 Å². The summed E-state index contributed by atoms with van der Waals surface area (Å²) < 4.78 is 27.8. The van der Waals surface area contributed by atoms with Crippen LogP contribution >= 0.6 is 0 Å². The van der Waals surface area contributed by atoms with Crippen LogP contribution in [0.3, 0.4) is 0 Å². The van der Waals surface area contributed by atoms with Gasteiger partial charge >= 0.3 is 0 Å². The van der Waals surface area contributed by atoms with Crippen LogP contribution in [0.4, 0.5) is 0 Å². The Hall–Kier alpha value is -3.49. The maximum absolute atomic E-state index is 6.06. The fourth-order valence-electron chi connectivity index (χ4n) is 3.07. The van der Waals surface area contributed by atoms with Crippen LogP contribution < -0.4 is 14.2 Å². The number of benzene rings is 2. The Bertz CT molecular complexity index is 1170. The molecular weight excluding hydrogens is 398 g/mol. The van der Waals surface area contributed by atoms with Crippen molar-refractivity contribution in [3.8, 4) is 23.1 Å². The van der Waals surface area contributed by atoms with Crippen molar-refractivity contribution in [1.82, 2.24) is 15.0 Å². The molecule has 2 heterocycles. The zero-order valence-corrected chi connectivity index (χ0v) is 17.4. The van der Waals surface area contributed by atoms with Gasteiger partial charge < -0.3 is 23.7 Å². The van der Waals surface area contributed by atoms with Gasteiger partial charge in [-0.2, -0.15) is 0 Å². The van der Waals surface area contributed by atoms with Gasteiger partial charge in [0, 0.05) is 30.8 Å². The minimum absolute atomic E-state index is 0.379. The molecular formula is C23H23N3O5. The number of nitrogens with zero attached hydrogens (tertiary/aromatic N) is 3. The minimum atomic E-state index is 0.379. The summed E-state index contributed by atoms with van der Waals surface area (Å²) in [6.07, 6.45) is 3.21. The second-order valence-electron chi connectivity index (χ2n) is 6.61. The molecule has 31 heavy (non-hydrogen) atoms. The standard InChI is InChI=1S/C23H23N3O5/c1-27-8-9-29-10-11-30-22-14-20-18(13-21(22)28-2)23(26-15-25-20)31-17-6-5-16-4-3-7-24-19(16)12-17/h3-7,12-15H,8-11H2,1-2H3. The Labute approximate surface area is 179 Å². The second-order valence-corrected chi connectivity index (χ2v) is 6.61. The normalized spacial score (nSPS) is 11.0. The molecule has 8 nitrogen and oxygen atoms in total. The van der Waals surface area contributed by atoms with Gasteiger partial charge in [0.25, 0.3) is 0 Å². The van der Waals surface area contributed by atoms with Crippen molar-refractivity contribution in [2.75, 3.05) is 40.6 Å². The monoisotopic (exact) mass is 421 g/mol. The van der Waals surface area contributed by atoms with Crippen LogP contribution in [-0.4, -0.2) is 55.6 Å². The molecule has 0 amide bonds. The van der Waals surface area contributed by atoms with E-state index in [9.17, 15) is 0 Å². The maximum Gasteiger partial charge on any atom is 0.230 e. The highest BCUT2D eigenvalue weighted by Gasteiger charge is 2.13. The molecule has 0 fully saturated rings. The lowest BCUT2D eigenvalue weighted by molar-refractivity contribution is 0.0540. The molecule has 0 saturated carbocycles. The Morgan fingerprint density at radius 2 is 1.71 bits per heavy atom. The topological polar surface area (TPSA) is 84.8 Å². The van der Waals surface area contributed by atoms with Gasteiger partial charge in [0.1, 0.15) is 18.7 Å². The zero-order valence-electron chi connectivity index (χ0n) is 17.4. The van der Waals surface area contributed by atoms with Crippen molar-refractivity contribution in [2.24, 2.45) is 0 Å². The van der Waals surface area contributed by atoms with Crippen molar-refractivity contribution in [1.29, 1.82) is 0 Å². The highest BCUT2D eigenvalue weighted by molar-refractivity contribution is 5.87. The fraction of sp³-hybridized carbons (Fsp3) is 0.261. The van der Waals surface area contributed by atoms with E-state index in [4.69, 9.17) is 23.7 Å². The average molecular weight is 421 g/mol. The second kappa shape index (κ2) is 10.0. The third kappa shape index (κ3) is 4.99. The van der Waals surface area contributed by atoms with E-state index in [1.807, 2.05) is 36.4 Å². The lowest BCUT2D eigenvalue weighted by Gasteiger charge is -2.13. The fourth-order valence-corrected chi connectivity index (χ4v) is 3.07. The smallest absolute Gasteiger partial charge is 0.230 e. The van der Waals surface area contributed by atoms with Crippen LogP contribution in [0, 0.1) is 0 Å². The third-order valence-electron chi connectivity index (χ3n) is 4.59. The first-order chi connectivity index (χ1) is 15.3. The summed E-state index contributed by atoms with van der Waals surface area (Å²) in [6.45, 7) is 1.89. The number of rotatable bonds is 10. The van der Waals surface area contributed by atoms with Gasteiger partial charge in [0.05, 0.1) is 43.4 Å². The number of pyridine rings is 1. The Balaban J connectivity index is 1.55. The first-order valence-corrected chi connectivity index (χ1v) is 9.83. The van der Waals surface area contributed by atoms with E-state index >= 15 is 0 Å². The average Bonchev–Trinajstić information content (AvgIpc) is 2.81. The molecule has 4 rings (SSSR count). The Kier molecular flexibility index (Phi) is 6.71. The minimum Gasteiger partial charge on any atom is -0.493 e. The molecule has 160 valence electrons. The molecule has 0 atom stereocenters. The van der Waals surface area contributed by atoms with E-state index in [-0.39, 0.29) is 0 Å². The Morgan fingerprint density at radius 1 is 0.806 bits per heavy atom. The maximum atomic E-state index is 6.06. The number of fused-ring (bicyclic) bond motifs is 2. The first kappa shape index (κ1) is 20.8. The number of hydrogen-bond acceptors (Lipinski definition) is 8. The van der Waals surface area contributed by atoms with Crippen molar-refractivity contribution in [2.45, 2.75) is 0 Å². The summed E-state index contributed by atoms with van der Waals surface area (Å²) in [6, 6.07) is 13.2. The predicted molar refractivity (Wildman–Crippen MR) is 116 cm³/mol. The highest BCUT2D eigenvalue weighted by atomic mass is 16.5. The molecule has 0 unspecified atom stereocenters. The van der Waals surface area contributed by atoms with Gasteiger partial charge in [-0.15, -0.1) is 0 Å². The molecule has 0 radical (unpaired) electrons. The predicted octanol–water partition coefficient (Wildman–Crippen LogP) is 4.02. The SMILES string of the molecule is COCCOCCOc1cc2ncnc(Oc3ccc4cccnc4c3)c2cc1OC. The molecule has 2 aromatic carbocycles. The summed E-state index contributed by atoms with van der Waals surface area (Å²) in [5.74, 6) is 2.20. The number of hydrogen-bond donors (Lipinski definition) is 0. The first-order valence-electron chi connectivity index (χ1n) is 9.83. The van der Waals surface area contributed by atoms with Crippen molar-refractivity contribution >= 4 is 21.8 Å². The molecule has 2 aromatic heterocycles. The van der Waals surface area contributed by atoms with E-state index in [2.05, 4.69) is 15.0 Å². The highest BCUT2D eigenvalue weighted by Crippen LogP contribution is 2.36. The molecule has 8 heteroatoms. The van der Waals surface area contributed by atoms with Crippen LogP contribution in [0.25, 0.3) is 21.8 Å². The summed E-state index contributed by atoms with van der Waals surface area (Å²) in [7, 11) is 3.22. The van der Waals surface area contributed by atoms with Crippen molar-refractivity contribution in [3.63, 3.8) is 0 Å². The summed E-state index contributed by atoms with van der Waals surface area (Å²) >= 11 is 0. The van der Waals surface area contributed by atoms with Crippen molar-refractivity contribution in [3.05, 3.63) is 55.0 Å². The molecule has 0 aliphatic heterocycles. The van der Waals surface area contributed by atoms with E-state index in [1.54, 1.807) is 26.5 Å².